The third-order valence-corrected chi connectivity index (χ3v) is 2.44. The number of aliphatic carboxylic acids is 1. The lowest BCUT2D eigenvalue weighted by atomic mass is 10.0. The van der Waals surface area contributed by atoms with Gasteiger partial charge in [-0.3, -0.25) is 4.79 Å². The highest BCUT2D eigenvalue weighted by molar-refractivity contribution is 5.96. The van der Waals surface area contributed by atoms with Crippen LogP contribution in [0.5, 0.6) is 0 Å². The molecular weight excluding hydrogens is 256 g/mol. The van der Waals surface area contributed by atoms with Gasteiger partial charge in [-0.2, -0.15) is 0 Å². The molecule has 0 aliphatic carbocycles. The minimum absolute atomic E-state index is 0.0608. The highest BCUT2D eigenvalue weighted by atomic mass is 19.1. The Balaban J connectivity index is 2.84. The topological polar surface area (TPSA) is 66.4 Å². The molecule has 0 aliphatic rings. The van der Waals surface area contributed by atoms with E-state index in [0.29, 0.717) is 6.07 Å². The summed E-state index contributed by atoms with van der Waals surface area (Å²) in [7, 11) is 0. The smallest absolute Gasteiger partial charge is 0.326 e. The first-order chi connectivity index (χ1) is 8.79. The van der Waals surface area contributed by atoms with Crippen molar-refractivity contribution in [2.75, 3.05) is 0 Å². The van der Waals surface area contributed by atoms with Crippen LogP contribution in [-0.4, -0.2) is 23.0 Å². The van der Waals surface area contributed by atoms with E-state index in [9.17, 15) is 18.4 Å². The van der Waals surface area contributed by atoms with Gasteiger partial charge in [-0.15, -0.1) is 0 Å². The molecule has 0 spiro atoms. The Kier molecular flexibility index (Phi) is 4.97. The van der Waals surface area contributed by atoms with E-state index < -0.39 is 29.6 Å². The number of carbonyl (C=O) groups excluding carboxylic acids is 1. The van der Waals surface area contributed by atoms with Crippen molar-refractivity contribution < 1.29 is 23.5 Å². The van der Waals surface area contributed by atoms with Gasteiger partial charge in [0.1, 0.15) is 17.7 Å². The van der Waals surface area contributed by atoms with Gasteiger partial charge in [-0.25, -0.2) is 13.6 Å². The van der Waals surface area contributed by atoms with Crippen LogP contribution in [0.2, 0.25) is 0 Å². The van der Waals surface area contributed by atoms with E-state index >= 15 is 0 Å². The summed E-state index contributed by atoms with van der Waals surface area (Å²) in [4.78, 5) is 22.7. The maximum absolute atomic E-state index is 13.0. The molecule has 19 heavy (non-hydrogen) atoms. The van der Waals surface area contributed by atoms with Crippen molar-refractivity contribution in [3.05, 3.63) is 35.4 Å². The Bertz CT molecular complexity index is 469. The summed E-state index contributed by atoms with van der Waals surface area (Å²) in [5.74, 6) is -3.71. The lowest BCUT2D eigenvalue weighted by Crippen LogP contribution is -2.41. The Morgan fingerprint density at radius 1 is 1.21 bits per heavy atom. The molecule has 0 fully saturated rings. The number of hydrogen-bond acceptors (Lipinski definition) is 2. The fourth-order valence-electron chi connectivity index (χ4n) is 1.62. The molecule has 0 saturated carbocycles. The molecular formula is C13H15F2NO3. The molecule has 4 nitrogen and oxygen atoms in total. The largest absolute Gasteiger partial charge is 0.480 e. The number of hydrogen-bond donors (Lipinski definition) is 2. The molecule has 0 aromatic heterocycles. The van der Waals surface area contributed by atoms with Gasteiger partial charge in [0.15, 0.2) is 0 Å². The zero-order valence-corrected chi connectivity index (χ0v) is 10.6. The van der Waals surface area contributed by atoms with E-state index in [1.165, 1.54) is 0 Å². The first-order valence-corrected chi connectivity index (χ1v) is 5.79. The second-order valence-corrected chi connectivity index (χ2v) is 4.65. The lowest BCUT2D eigenvalue weighted by Gasteiger charge is -2.16. The van der Waals surface area contributed by atoms with Gasteiger partial charge in [-0.1, -0.05) is 13.8 Å². The molecule has 0 radical (unpaired) electrons. The average molecular weight is 271 g/mol. The van der Waals surface area contributed by atoms with Gasteiger partial charge in [0.2, 0.25) is 0 Å². The molecule has 0 bridgehead atoms. The second kappa shape index (κ2) is 6.26. The van der Waals surface area contributed by atoms with Crippen molar-refractivity contribution in [1.29, 1.82) is 0 Å². The lowest BCUT2D eigenvalue weighted by molar-refractivity contribution is -0.139. The van der Waals surface area contributed by atoms with Gasteiger partial charge in [0, 0.05) is 11.6 Å². The van der Waals surface area contributed by atoms with Gasteiger partial charge >= 0.3 is 5.97 Å². The Morgan fingerprint density at radius 3 is 2.16 bits per heavy atom. The molecule has 6 heteroatoms. The number of halogens is 2. The fourth-order valence-corrected chi connectivity index (χ4v) is 1.62. The van der Waals surface area contributed by atoms with Crippen molar-refractivity contribution in [2.45, 2.75) is 26.3 Å². The third-order valence-electron chi connectivity index (χ3n) is 2.44. The monoisotopic (exact) mass is 271 g/mol. The molecule has 1 amide bonds. The fraction of sp³-hybridized carbons (Fsp3) is 0.385. The zero-order valence-electron chi connectivity index (χ0n) is 10.6. The Hall–Kier alpha value is -1.98. The van der Waals surface area contributed by atoms with E-state index in [2.05, 4.69) is 5.32 Å². The summed E-state index contributed by atoms with van der Waals surface area (Å²) < 4.78 is 25.9. The van der Waals surface area contributed by atoms with Crippen LogP contribution in [-0.2, 0) is 4.79 Å². The van der Waals surface area contributed by atoms with Gasteiger partial charge in [0.05, 0.1) is 0 Å². The first-order valence-electron chi connectivity index (χ1n) is 5.79. The van der Waals surface area contributed by atoms with Gasteiger partial charge in [0.25, 0.3) is 5.91 Å². The van der Waals surface area contributed by atoms with Crippen LogP contribution in [0.3, 0.4) is 0 Å². The molecule has 0 heterocycles. The third kappa shape index (κ3) is 4.65. The first kappa shape index (κ1) is 15.1. The number of carbonyl (C=O) groups is 2. The maximum Gasteiger partial charge on any atom is 0.326 e. The Labute approximate surface area is 109 Å². The molecule has 1 rings (SSSR count). The van der Waals surface area contributed by atoms with E-state index in [0.717, 1.165) is 12.1 Å². The van der Waals surface area contributed by atoms with E-state index in [1.54, 1.807) is 0 Å². The molecule has 0 saturated heterocycles. The van der Waals surface area contributed by atoms with Crippen LogP contribution in [0.15, 0.2) is 18.2 Å². The summed E-state index contributed by atoms with van der Waals surface area (Å²) in [5, 5.41) is 11.2. The van der Waals surface area contributed by atoms with Crippen molar-refractivity contribution in [2.24, 2.45) is 5.92 Å². The van der Waals surface area contributed by atoms with Crippen LogP contribution in [0, 0.1) is 17.6 Å². The summed E-state index contributed by atoms with van der Waals surface area (Å²) >= 11 is 0. The maximum atomic E-state index is 13.0. The molecule has 2 N–H and O–H groups in total. The minimum Gasteiger partial charge on any atom is -0.480 e. The SMILES string of the molecule is CC(C)CC(NC(=O)c1cc(F)cc(F)c1)C(=O)O. The van der Waals surface area contributed by atoms with Crippen LogP contribution in [0.4, 0.5) is 8.78 Å². The van der Waals surface area contributed by atoms with Crippen LogP contribution in [0.25, 0.3) is 0 Å². The van der Waals surface area contributed by atoms with Crippen LogP contribution < -0.4 is 5.32 Å². The van der Waals surface area contributed by atoms with E-state index in [1.807, 2.05) is 13.8 Å². The molecule has 1 atom stereocenters. The summed E-state index contributed by atoms with van der Waals surface area (Å²) in [5.41, 5.74) is -0.243. The predicted molar refractivity (Wildman–Crippen MR) is 64.7 cm³/mol. The molecule has 104 valence electrons. The molecule has 1 aromatic carbocycles. The number of amides is 1. The van der Waals surface area contributed by atoms with Gasteiger partial charge in [-0.05, 0) is 24.5 Å². The highest BCUT2D eigenvalue weighted by Gasteiger charge is 2.22. The normalized spacial score (nSPS) is 12.3. The van der Waals surface area contributed by atoms with Crippen molar-refractivity contribution in [1.82, 2.24) is 5.32 Å². The highest BCUT2D eigenvalue weighted by Crippen LogP contribution is 2.10. The standard InChI is InChI=1S/C13H15F2NO3/c1-7(2)3-11(13(18)19)16-12(17)8-4-9(14)6-10(15)5-8/h4-7,11H,3H2,1-2H3,(H,16,17)(H,18,19). The summed E-state index contributed by atoms with van der Waals surface area (Å²) in [6.45, 7) is 3.62. The number of rotatable bonds is 5. The van der Waals surface area contributed by atoms with Crippen molar-refractivity contribution in [3.63, 3.8) is 0 Å². The number of nitrogens with one attached hydrogen (secondary N) is 1. The number of carboxylic acid groups (broad SMARTS) is 1. The quantitative estimate of drug-likeness (QED) is 0.862. The van der Waals surface area contributed by atoms with Crippen molar-refractivity contribution >= 4 is 11.9 Å². The van der Waals surface area contributed by atoms with Crippen LogP contribution >= 0.6 is 0 Å². The van der Waals surface area contributed by atoms with E-state index in [4.69, 9.17) is 5.11 Å². The zero-order chi connectivity index (χ0) is 14.6. The van der Waals surface area contributed by atoms with E-state index in [-0.39, 0.29) is 17.9 Å². The minimum atomic E-state index is -1.18. The van der Waals surface area contributed by atoms with Crippen molar-refractivity contribution in [3.8, 4) is 0 Å². The molecule has 0 aliphatic heterocycles. The number of benzene rings is 1. The molecule has 1 unspecified atom stereocenters. The Morgan fingerprint density at radius 2 is 1.74 bits per heavy atom. The summed E-state index contributed by atoms with van der Waals surface area (Å²) in [6, 6.07) is 1.26. The molecule has 1 aromatic rings. The van der Waals surface area contributed by atoms with Gasteiger partial charge < -0.3 is 10.4 Å². The number of carboxylic acids is 1. The summed E-state index contributed by atoms with van der Waals surface area (Å²) in [6.07, 6.45) is 0.235. The predicted octanol–water partition coefficient (Wildman–Crippen LogP) is 2.19. The second-order valence-electron chi connectivity index (χ2n) is 4.65. The van der Waals surface area contributed by atoms with Crippen LogP contribution in [0.1, 0.15) is 30.6 Å². The average Bonchev–Trinajstić information content (AvgIpc) is 2.25.